The average molecular weight is 381 g/mol. The normalized spacial score (nSPS) is 12.0. The van der Waals surface area contributed by atoms with E-state index in [4.69, 9.17) is 0 Å². The Bertz CT molecular complexity index is 1010. The Labute approximate surface area is 147 Å². The molecule has 136 valence electrons. The summed E-state index contributed by atoms with van der Waals surface area (Å²) in [7, 11) is 1.36. The van der Waals surface area contributed by atoms with Crippen molar-refractivity contribution >= 4 is 45.5 Å². The van der Waals surface area contributed by atoms with Crippen LogP contribution in [0.4, 0.5) is 30.8 Å². The smallest absolute Gasteiger partial charge is 0.327 e. The van der Waals surface area contributed by atoms with Crippen molar-refractivity contribution in [2.24, 2.45) is 0 Å². The van der Waals surface area contributed by atoms with E-state index in [1.165, 1.54) is 13.4 Å². The molecule has 9 nitrogen and oxygen atoms in total. The van der Waals surface area contributed by atoms with Gasteiger partial charge < -0.3 is 19.6 Å². The van der Waals surface area contributed by atoms with Gasteiger partial charge in [-0.2, -0.15) is 0 Å². The maximum atomic E-state index is 14.3. The number of rotatable bonds is 4. The maximum Gasteiger partial charge on any atom is 0.327 e. The first-order chi connectivity index (χ1) is 12.4. The van der Waals surface area contributed by atoms with Gasteiger partial charge in [-0.3, -0.25) is 9.11 Å². The van der Waals surface area contributed by atoms with Gasteiger partial charge in [0.25, 0.3) is 0 Å². The Morgan fingerprint density at radius 3 is 2.81 bits per heavy atom. The van der Waals surface area contributed by atoms with Crippen molar-refractivity contribution in [2.75, 3.05) is 22.0 Å². The highest BCUT2D eigenvalue weighted by Gasteiger charge is 2.21. The summed E-state index contributed by atoms with van der Waals surface area (Å²) < 4.78 is 51.3. The van der Waals surface area contributed by atoms with Crippen LogP contribution in [0.3, 0.4) is 0 Å². The topological polar surface area (TPSA) is 126 Å². The van der Waals surface area contributed by atoms with E-state index >= 15 is 0 Å². The fourth-order valence-electron chi connectivity index (χ4n) is 2.25. The van der Waals surface area contributed by atoms with Crippen molar-refractivity contribution in [1.29, 1.82) is 0 Å². The van der Waals surface area contributed by atoms with Crippen LogP contribution in [0.5, 0.6) is 0 Å². The molecule has 2 heterocycles. The minimum absolute atomic E-state index is 0.213. The third-order valence-electron chi connectivity index (χ3n) is 3.47. The summed E-state index contributed by atoms with van der Waals surface area (Å²) in [6, 6.07) is 2.48. The molecular weight excluding hydrogens is 370 g/mol. The fourth-order valence-corrected chi connectivity index (χ4v) is 2.59. The molecule has 2 amide bonds. The first-order valence-electron chi connectivity index (χ1n) is 7.05. The number of hydrogen-bond acceptors (Lipinski definition) is 5. The van der Waals surface area contributed by atoms with E-state index in [1.807, 2.05) is 0 Å². The Hall–Kier alpha value is -3.12. The van der Waals surface area contributed by atoms with Gasteiger partial charge in [0.15, 0.2) is 5.82 Å². The SMILES string of the molecule is CN(C(=O)Nc1c(F)ccc(NS(=O)[O-])c1F)c1ncnc2[nH]ccc12. The molecule has 1 atom stereocenters. The molecule has 0 aliphatic rings. The number of halogens is 2. The van der Waals surface area contributed by atoms with Crippen molar-refractivity contribution in [2.45, 2.75) is 0 Å². The van der Waals surface area contributed by atoms with Crippen molar-refractivity contribution in [3.05, 3.63) is 42.4 Å². The number of nitrogens with one attached hydrogen (secondary N) is 3. The molecule has 3 N–H and O–H groups in total. The standard InChI is InChI=1S/C14H12F2N6O3S/c1-22(13-7-4-5-17-12(7)18-6-19-13)14(23)20-11-8(15)2-3-9(10(11)16)21-26(24)25/h2-6,21H,1H3,(H,20,23)(H,24,25)(H,17,18,19)/p-1. The van der Waals surface area contributed by atoms with Crippen molar-refractivity contribution in [1.82, 2.24) is 15.0 Å². The van der Waals surface area contributed by atoms with Gasteiger partial charge in [-0.1, -0.05) is 0 Å². The van der Waals surface area contributed by atoms with E-state index in [-0.39, 0.29) is 5.82 Å². The van der Waals surface area contributed by atoms with Gasteiger partial charge in [0, 0.05) is 24.5 Å². The Morgan fingerprint density at radius 2 is 2.08 bits per heavy atom. The minimum Gasteiger partial charge on any atom is -0.755 e. The molecule has 0 bridgehead atoms. The molecule has 26 heavy (non-hydrogen) atoms. The number of nitrogens with zero attached hydrogens (tertiary/aromatic N) is 3. The number of hydrogen-bond donors (Lipinski definition) is 3. The number of benzene rings is 1. The van der Waals surface area contributed by atoms with E-state index in [2.05, 4.69) is 20.3 Å². The van der Waals surface area contributed by atoms with Crippen molar-refractivity contribution in [3.8, 4) is 0 Å². The van der Waals surface area contributed by atoms with Gasteiger partial charge in [-0.25, -0.2) is 23.5 Å². The lowest BCUT2D eigenvalue weighted by atomic mass is 10.2. The number of carbonyl (C=O) groups excluding carboxylic acids is 1. The second kappa shape index (κ2) is 7.01. The van der Waals surface area contributed by atoms with Gasteiger partial charge in [-0.05, 0) is 18.2 Å². The highest BCUT2D eigenvalue weighted by atomic mass is 32.2. The molecule has 0 aliphatic carbocycles. The Kier molecular flexibility index (Phi) is 4.77. The van der Waals surface area contributed by atoms with E-state index in [0.717, 1.165) is 17.0 Å². The summed E-state index contributed by atoms with van der Waals surface area (Å²) >= 11 is -2.81. The van der Waals surface area contributed by atoms with Crippen LogP contribution in [0.25, 0.3) is 11.0 Å². The zero-order valence-electron chi connectivity index (χ0n) is 13.1. The molecule has 12 heteroatoms. The average Bonchev–Trinajstić information content (AvgIpc) is 3.08. The maximum absolute atomic E-state index is 14.3. The van der Waals surface area contributed by atoms with Crippen LogP contribution >= 0.6 is 0 Å². The number of fused-ring (bicyclic) bond motifs is 1. The van der Waals surface area contributed by atoms with E-state index in [0.29, 0.717) is 11.0 Å². The zero-order valence-corrected chi connectivity index (χ0v) is 13.9. The summed E-state index contributed by atoms with van der Waals surface area (Å²) in [6.07, 6.45) is 2.83. The predicted molar refractivity (Wildman–Crippen MR) is 90.2 cm³/mol. The quantitative estimate of drug-likeness (QED) is 0.597. The Morgan fingerprint density at radius 1 is 1.31 bits per heavy atom. The van der Waals surface area contributed by atoms with Crippen LogP contribution in [0.2, 0.25) is 0 Å². The minimum atomic E-state index is -2.81. The number of amides is 2. The third-order valence-corrected chi connectivity index (χ3v) is 3.86. The molecule has 0 fully saturated rings. The molecule has 1 aromatic carbocycles. The predicted octanol–water partition coefficient (Wildman–Crippen LogP) is 2.11. The summed E-state index contributed by atoms with van der Waals surface area (Å²) in [5.74, 6) is -2.11. The summed E-state index contributed by atoms with van der Waals surface area (Å²) in [5.41, 5.74) is -0.819. The molecule has 0 aliphatic heterocycles. The van der Waals surface area contributed by atoms with Crippen LogP contribution in [-0.4, -0.2) is 36.8 Å². The first kappa shape index (κ1) is 17.7. The molecule has 3 rings (SSSR count). The van der Waals surface area contributed by atoms with Crippen LogP contribution in [-0.2, 0) is 11.3 Å². The highest BCUT2D eigenvalue weighted by Crippen LogP contribution is 2.27. The van der Waals surface area contributed by atoms with Gasteiger partial charge in [0.05, 0.1) is 11.1 Å². The molecule has 0 saturated carbocycles. The lowest BCUT2D eigenvalue weighted by Crippen LogP contribution is -2.32. The summed E-state index contributed by atoms with van der Waals surface area (Å²) in [4.78, 5) is 24.3. The van der Waals surface area contributed by atoms with Crippen LogP contribution < -0.4 is 14.9 Å². The molecule has 3 aromatic rings. The molecule has 0 radical (unpaired) electrons. The van der Waals surface area contributed by atoms with Gasteiger partial charge >= 0.3 is 6.03 Å². The number of anilines is 3. The molecule has 1 unspecified atom stereocenters. The number of urea groups is 1. The largest absolute Gasteiger partial charge is 0.755 e. The third kappa shape index (κ3) is 3.32. The van der Waals surface area contributed by atoms with Crippen LogP contribution in [0.1, 0.15) is 0 Å². The van der Waals surface area contributed by atoms with Crippen molar-refractivity contribution < 1.29 is 22.3 Å². The Balaban J connectivity index is 1.90. The number of aromatic amines is 1. The lowest BCUT2D eigenvalue weighted by Gasteiger charge is -2.19. The second-order valence-electron chi connectivity index (χ2n) is 5.05. The zero-order chi connectivity index (χ0) is 18.8. The first-order valence-corrected chi connectivity index (χ1v) is 8.12. The fraction of sp³-hybridized carbons (Fsp3) is 0.0714. The summed E-state index contributed by atoms with van der Waals surface area (Å²) in [6.45, 7) is 0. The molecule has 2 aromatic heterocycles. The number of H-pyrrole nitrogens is 1. The van der Waals surface area contributed by atoms with E-state index in [1.54, 1.807) is 17.0 Å². The van der Waals surface area contributed by atoms with Crippen LogP contribution in [0.15, 0.2) is 30.7 Å². The number of aromatic nitrogens is 3. The second-order valence-corrected chi connectivity index (χ2v) is 5.72. The monoisotopic (exact) mass is 381 g/mol. The highest BCUT2D eigenvalue weighted by molar-refractivity contribution is 7.80. The lowest BCUT2D eigenvalue weighted by molar-refractivity contribution is 0.257. The van der Waals surface area contributed by atoms with E-state index in [9.17, 15) is 22.3 Å². The number of carbonyl (C=O) groups is 1. The molecular formula is C14H11F2N6O3S-. The van der Waals surface area contributed by atoms with Gasteiger partial charge in [-0.15, -0.1) is 0 Å². The van der Waals surface area contributed by atoms with Gasteiger partial charge in [0.2, 0.25) is 0 Å². The molecule has 0 spiro atoms. The van der Waals surface area contributed by atoms with E-state index < -0.39 is 40.3 Å². The molecule has 0 saturated heterocycles. The van der Waals surface area contributed by atoms with Crippen LogP contribution in [0, 0.1) is 11.6 Å². The summed E-state index contributed by atoms with van der Waals surface area (Å²) in [5, 5.41) is 2.60. The van der Waals surface area contributed by atoms with Gasteiger partial charge in [0.1, 0.15) is 29.3 Å². The van der Waals surface area contributed by atoms with Crippen molar-refractivity contribution in [3.63, 3.8) is 0 Å².